The SMILES string of the molecule is CCCCN(C)C(CN1CCNCC1)c1ccc(Cl)cc1. The zero-order valence-electron chi connectivity index (χ0n) is 13.3. The molecule has 0 radical (unpaired) electrons. The summed E-state index contributed by atoms with van der Waals surface area (Å²) in [6, 6.07) is 8.83. The fourth-order valence-corrected chi connectivity index (χ4v) is 3.01. The number of nitrogens with zero attached hydrogens (tertiary/aromatic N) is 2. The van der Waals surface area contributed by atoms with E-state index in [-0.39, 0.29) is 0 Å². The summed E-state index contributed by atoms with van der Waals surface area (Å²) in [7, 11) is 2.25. The molecule has 1 unspecified atom stereocenters. The molecule has 0 aromatic heterocycles. The number of hydrogen-bond acceptors (Lipinski definition) is 3. The van der Waals surface area contributed by atoms with Gasteiger partial charge in [0.1, 0.15) is 0 Å². The van der Waals surface area contributed by atoms with Crippen LogP contribution >= 0.6 is 11.6 Å². The number of halogens is 1. The van der Waals surface area contributed by atoms with Gasteiger partial charge in [0.25, 0.3) is 0 Å². The molecule has 1 aliphatic heterocycles. The summed E-state index contributed by atoms with van der Waals surface area (Å²) in [6.45, 7) is 9.00. The Hall–Kier alpha value is -0.610. The van der Waals surface area contributed by atoms with Gasteiger partial charge in [-0.05, 0) is 37.7 Å². The van der Waals surface area contributed by atoms with E-state index in [0.717, 1.165) is 44.3 Å². The van der Waals surface area contributed by atoms with Crippen LogP contribution in [0.2, 0.25) is 5.02 Å². The van der Waals surface area contributed by atoms with E-state index in [2.05, 4.69) is 41.2 Å². The van der Waals surface area contributed by atoms with Gasteiger partial charge in [-0.2, -0.15) is 0 Å². The summed E-state index contributed by atoms with van der Waals surface area (Å²) in [4.78, 5) is 5.06. The summed E-state index contributed by atoms with van der Waals surface area (Å²) in [5, 5.41) is 4.24. The molecule has 1 saturated heterocycles. The zero-order chi connectivity index (χ0) is 15.1. The molecule has 0 spiro atoms. The molecule has 21 heavy (non-hydrogen) atoms. The van der Waals surface area contributed by atoms with Gasteiger partial charge in [-0.1, -0.05) is 37.1 Å². The maximum absolute atomic E-state index is 6.04. The quantitative estimate of drug-likeness (QED) is 0.835. The van der Waals surface area contributed by atoms with Gasteiger partial charge in [-0.15, -0.1) is 0 Å². The topological polar surface area (TPSA) is 18.5 Å². The molecule has 2 rings (SSSR count). The first-order chi connectivity index (χ1) is 10.2. The summed E-state index contributed by atoms with van der Waals surface area (Å²) in [5.41, 5.74) is 1.37. The smallest absolute Gasteiger partial charge is 0.0472 e. The Kier molecular flexibility index (Phi) is 6.97. The van der Waals surface area contributed by atoms with Gasteiger partial charge >= 0.3 is 0 Å². The highest BCUT2D eigenvalue weighted by atomic mass is 35.5. The predicted octanol–water partition coefficient (Wildman–Crippen LogP) is 3.02. The molecular formula is C17H28ClN3. The van der Waals surface area contributed by atoms with Gasteiger partial charge in [0.05, 0.1) is 0 Å². The van der Waals surface area contributed by atoms with Crippen molar-refractivity contribution in [3.63, 3.8) is 0 Å². The van der Waals surface area contributed by atoms with Crippen molar-refractivity contribution in [2.75, 3.05) is 46.3 Å². The molecule has 0 amide bonds. The molecule has 1 aliphatic rings. The van der Waals surface area contributed by atoms with Crippen LogP contribution in [0.1, 0.15) is 31.4 Å². The summed E-state index contributed by atoms with van der Waals surface area (Å²) in [6.07, 6.45) is 2.49. The number of likely N-dealkylation sites (N-methyl/N-ethyl adjacent to an activating group) is 1. The minimum Gasteiger partial charge on any atom is -0.314 e. The lowest BCUT2D eigenvalue weighted by Crippen LogP contribution is -2.47. The van der Waals surface area contributed by atoms with Gasteiger partial charge in [0.15, 0.2) is 0 Å². The fraction of sp³-hybridized carbons (Fsp3) is 0.647. The Morgan fingerprint density at radius 2 is 1.90 bits per heavy atom. The Morgan fingerprint density at radius 3 is 2.52 bits per heavy atom. The van der Waals surface area contributed by atoms with Crippen LogP contribution in [-0.2, 0) is 0 Å². The second-order valence-electron chi connectivity index (χ2n) is 5.95. The monoisotopic (exact) mass is 309 g/mol. The van der Waals surface area contributed by atoms with Crippen LogP contribution in [0.4, 0.5) is 0 Å². The first kappa shape index (κ1) is 16.8. The van der Waals surface area contributed by atoms with Gasteiger partial charge in [-0.3, -0.25) is 9.80 Å². The van der Waals surface area contributed by atoms with Crippen molar-refractivity contribution >= 4 is 11.6 Å². The van der Waals surface area contributed by atoms with Crippen LogP contribution in [0.15, 0.2) is 24.3 Å². The first-order valence-corrected chi connectivity index (χ1v) is 8.47. The van der Waals surface area contributed by atoms with E-state index < -0.39 is 0 Å². The molecule has 1 aromatic rings. The average molecular weight is 310 g/mol. The summed E-state index contributed by atoms with van der Waals surface area (Å²) in [5.74, 6) is 0. The zero-order valence-corrected chi connectivity index (χ0v) is 14.1. The second kappa shape index (κ2) is 8.74. The predicted molar refractivity (Wildman–Crippen MR) is 91.0 cm³/mol. The van der Waals surface area contributed by atoms with Crippen molar-refractivity contribution in [1.82, 2.24) is 15.1 Å². The molecule has 1 atom stereocenters. The van der Waals surface area contributed by atoms with Crippen LogP contribution in [0.5, 0.6) is 0 Å². The molecule has 0 bridgehead atoms. The Labute approximate surface area is 134 Å². The maximum Gasteiger partial charge on any atom is 0.0472 e. The van der Waals surface area contributed by atoms with Crippen molar-refractivity contribution in [3.05, 3.63) is 34.9 Å². The lowest BCUT2D eigenvalue weighted by molar-refractivity contribution is 0.149. The highest BCUT2D eigenvalue weighted by Crippen LogP contribution is 2.23. The fourth-order valence-electron chi connectivity index (χ4n) is 2.89. The van der Waals surface area contributed by atoms with Crippen molar-refractivity contribution in [3.8, 4) is 0 Å². The second-order valence-corrected chi connectivity index (χ2v) is 6.39. The third-order valence-corrected chi connectivity index (χ3v) is 4.54. The van der Waals surface area contributed by atoms with E-state index in [1.54, 1.807) is 0 Å². The number of nitrogens with one attached hydrogen (secondary N) is 1. The van der Waals surface area contributed by atoms with E-state index in [9.17, 15) is 0 Å². The van der Waals surface area contributed by atoms with Gasteiger partial charge in [0.2, 0.25) is 0 Å². The molecule has 3 nitrogen and oxygen atoms in total. The van der Waals surface area contributed by atoms with Crippen molar-refractivity contribution < 1.29 is 0 Å². The van der Waals surface area contributed by atoms with Crippen LogP contribution in [0.25, 0.3) is 0 Å². The van der Waals surface area contributed by atoms with Crippen molar-refractivity contribution in [2.45, 2.75) is 25.8 Å². The van der Waals surface area contributed by atoms with E-state index in [1.807, 2.05) is 12.1 Å². The first-order valence-electron chi connectivity index (χ1n) is 8.09. The van der Waals surface area contributed by atoms with Gasteiger partial charge in [-0.25, -0.2) is 0 Å². The molecule has 118 valence electrons. The number of piperazine rings is 1. The van der Waals surface area contributed by atoms with E-state index >= 15 is 0 Å². The minimum absolute atomic E-state index is 0.451. The van der Waals surface area contributed by atoms with Gasteiger partial charge < -0.3 is 5.32 Å². The highest BCUT2D eigenvalue weighted by Gasteiger charge is 2.21. The lowest BCUT2D eigenvalue weighted by atomic mass is 10.0. The normalized spacial score (nSPS) is 18.1. The Bertz CT molecular complexity index is 401. The number of unbranched alkanes of at least 4 members (excludes halogenated alkanes) is 1. The van der Waals surface area contributed by atoms with Crippen LogP contribution in [-0.4, -0.2) is 56.1 Å². The molecule has 4 heteroatoms. The maximum atomic E-state index is 6.04. The minimum atomic E-state index is 0.451. The number of rotatable bonds is 7. The largest absolute Gasteiger partial charge is 0.314 e. The molecule has 1 fully saturated rings. The van der Waals surface area contributed by atoms with Gasteiger partial charge in [0, 0.05) is 43.8 Å². The van der Waals surface area contributed by atoms with Crippen molar-refractivity contribution in [2.24, 2.45) is 0 Å². The van der Waals surface area contributed by atoms with Crippen LogP contribution in [0.3, 0.4) is 0 Å². The third kappa shape index (κ3) is 5.26. The van der Waals surface area contributed by atoms with E-state index in [1.165, 1.54) is 18.4 Å². The Morgan fingerprint density at radius 1 is 1.24 bits per heavy atom. The molecule has 1 aromatic carbocycles. The third-order valence-electron chi connectivity index (χ3n) is 4.29. The lowest BCUT2D eigenvalue weighted by Gasteiger charge is -2.35. The highest BCUT2D eigenvalue weighted by molar-refractivity contribution is 6.30. The Balaban J connectivity index is 2.06. The van der Waals surface area contributed by atoms with E-state index in [4.69, 9.17) is 11.6 Å². The number of benzene rings is 1. The standard InChI is InChI=1S/C17H28ClN3/c1-3-4-11-20(2)17(14-21-12-9-19-10-13-21)15-5-7-16(18)8-6-15/h5-8,17,19H,3-4,9-14H2,1-2H3. The molecule has 1 N–H and O–H groups in total. The molecular weight excluding hydrogens is 282 g/mol. The van der Waals surface area contributed by atoms with Crippen LogP contribution in [0, 0.1) is 0 Å². The van der Waals surface area contributed by atoms with Crippen molar-refractivity contribution in [1.29, 1.82) is 0 Å². The van der Waals surface area contributed by atoms with E-state index in [0.29, 0.717) is 6.04 Å². The molecule has 0 aliphatic carbocycles. The summed E-state index contributed by atoms with van der Waals surface area (Å²) < 4.78 is 0. The molecule has 0 saturated carbocycles. The van der Waals surface area contributed by atoms with Crippen LogP contribution < -0.4 is 5.32 Å². The number of hydrogen-bond donors (Lipinski definition) is 1. The average Bonchev–Trinajstić information content (AvgIpc) is 2.52. The summed E-state index contributed by atoms with van der Waals surface area (Å²) >= 11 is 6.04. The molecule has 1 heterocycles.